The molecule has 132 valence electrons. The molecule has 7 heteroatoms. The van der Waals surface area contributed by atoms with Crippen LogP contribution in [0.3, 0.4) is 0 Å². The summed E-state index contributed by atoms with van der Waals surface area (Å²) in [5, 5.41) is 13.6. The van der Waals surface area contributed by atoms with Crippen LogP contribution in [-0.2, 0) is 4.79 Å². The van der Waals surface area contributed by atoms with Crippen LogP contribution in [0, 0.1) is 10.1 Å². The second-order valence-electron chi connectivity index (χ2n) is 5.67. The van der Waals surface area contributed by atoms with Crippen molar-refractivity contribution in [2.45, 2.75) is 19.8 Å². The van der Waals surface area contributed by atoms with E-state index < -0.39 is 10.8 Å². The first-order valence-electron chi connectivity index (χ1n) is 7.76. The zero-order chi connectivity index (χ0) is 18.4. The molecule has 1 N–H and O–H groups in total. The minimum Gasteiger partial charge on any atom is -0.496 e. The summed E-state index contributed by atoms with van der Waals surface area (Å²) in [6.07, 6.45) is 0. The molecule has 2 rings (SSSR count). The molecule has 0 saturated heterocycles. The molecule has 2 aromatic rings. The Balaban J connectivity index is 2.08. The van der Waals surface area contributed by atoms with Gasteiger partial charge in [-0.1, -0.05) is 32.0 Å². The highest BCUT2D eigenvalue weighted by molar-refractivity contribution is 5.94. The van der Waals surface area contributed by atoms with Crippen molar-refractivity contribution in [3.8, 4) is 11.5 Å². The summed E-state index contributed by atoms with van der Waals surface area (Å²) in [4.78, 5) is 22.7. The molecule has 0 heterocycles. The zero-order valence-corrected chi connectivity index (χ0v) is 14.3. The minimum atomic E-state index is -0.576. The molecule has 0 aromatic heterocycles. The maximum Gasteiger partial charge on any atom is 0.296 e. The van der Waals surface area contributed by atoms with E-state index >= 15 is 0 Å². The van der Waals surface area contributed by atoms with Crippen LogP contribution in [0.2, 0.25) is 0 Å². The summed E-state index contributed by atoms with van der Waals surface area (Å²) in [6, 6.07) is 11.7. The number of carbonyl (C=O) groups is 1. The summed E-state index contributed by atoms with van der Waals surface area (Å²) in [7, 11) is 1.41. The van der Waals surface area contributed by atoms with E-state index in [1.54, 1.807) is 6.07 Å². The summed E-state index contributed by atoms with van der Waals surface area (Å²) in [5.41, 5.74) is 0.845. The van der Waals surface area contributed by atoms with Crippen molar-refractivity contribution in [1.29, 1.82) is 0 Å². The van der Waals surface area contributed by atoms with Gasteiger partial charge in [0.1, 0.15) is 17.2 Å². The molecule has 0 spiro atoms. The highest BCUT2D eigenvalue weighted by atomic mass is 16.6. The van der Waals surface area contributed by atoms with Crippen LogP contribution in [0.1, 0.15) is 25.3 Å². The molecular weight excluding hydrogens is 324 g/mol. The van der Waals surface area contributed by atoms with Gasteiger partial charge in [0.15, 0.2) is 6.61 Å². The van der Waals surface area contributed by atoms with Crippen LogP contribution in [0.25, 0.3) is 0 Å². The molecule has 25 heavy (non-hydrogen) atoms. The van der Waals surface area contributed by atoms with Gasteiger partial charge in [0.05, 0.1) is 18.1 Å². The number of hydrogen-bond donors (Lipinski definition) is 1. The van der Waals surface area contributed by atoms with E-state index in [4.69, 9.17) is 9.47 Å². The van der Waals surface area contributed by atoms with Gasteiger partial charge in [-0.3, -0.25) is 14.9 Å². The largest absolute Gasteiger partial charge is 0.496 e. The van der Waals surface area contributed by atoms with E-state index in [1.807, 2.05) is 32.0 Å². The van der Waals surface area contributed by atoms with Gasteiger partial charge in [-0.15, -0.1) is 0 Å². The Kier molecular flexibility index (Phi) is 5.94. The molecule has 0 radical (unpaired) electrons. The Bertz CT molecular complexity index is 774. The number of nitro groups is 1. The number of anilines is 1. The van der Waals surface area contributed by atoms with E-state index in [9.17, 15) is 14.9 Å². The summed E-state index contributed by atoms with van der Waals surface area (Å²) >= 11 is 0. The molecule has 0 unspecified atom stereocenters. The average Bonchev–Trinajstić information content (AvgIpc) is 2.60. The standard InChI is InChI=1S/C18H20N2O5/c1-12(2)14-6-4-5-7-17(14)25-11-18(21)19-15-9-8-13(24-3)10-16(15)20(22)23/h4-10,12H,11H2,1-3H3,(H,19,21). The third-order valence-electron chi connectivity index (χ3n) is 3.58. The Labute approximate surface area is 145 Å². The topological polar surface area (TPSA) is 90.7 Å². The number of methoxy groups -OCH3 is 1. The van der Waals surface area contributed by atoms with Crippen LogP contribution in [0.5, 0.6) is 11.5 Å². The van der Waals surface area contributed by atoms with Gasteiger partial charge in [0.2, 0.25) is 0 Å². The fraction of sp³-hybridized carbons (Fsp3) is 0.278. The zero-order valence-electron chi connectivity index (χ0n) is 14.3. The Hall–Kier alpha value is -3.09. The Morgan fingerprint density at radius 3 is 2.60 bits per heavy atom. The maximum absolute atomic E-state index is 12.1. The van der Waals surface area contributed by atoms with E-state index in [-0.39, 0.29) is 23.9 Å². The SMILES string of the molecule is COc1ccc(NC(=O)COc2ccccc2C(C)C)c([N+](=O)[O-])c1. The molecule has 0 aliphatic rings. The highest BCUT2D eigenvalue weighted by Crippen LogP contribution is 2.29. The van der Waals surface area contributed by atoms with Gasteiger partial charge >= 0.3 is 0 Å². The van der Waals surface area contributed by atoms with Crippen LogP contribution >= 0.6 is 0 Å². The van der Waals surface area contributed by atoms with Gasteiger partial charge in [0.25, 0.3) is 11.6 Å². The number of benzene rings is 2. The number of ether oxygens (including phenoxy) is 2. The van der Waals surface area contributed by atoms with Crippen LogP contribution in [-0.4, -0.2) is 24.5 Å². The van der Waals surface area contributed by atoms with E-state index in [1.165, 1.54) is 25.3 Å². The predicted molar refractivity (Wildman–Crippen MR) is 94.3 cm³/mol. The van der Waals surface area contributed by atoms with Gasteiger partial charge < -0.3 is 14.8 Å². The van der Waals surface area contributed by atoms with Crippen LogP contribution in [0.15, 0.2) is 42.5 Å². The number of amides is 1. The lowest BCUT2D eigenvalue weighted by atomic mass is 10.0. The lowest BCUT2D eigenvalue weighted by Crippen LogP contribution is -2.21. The van der Waals surface area contributed by atoms with Gasteiger partial charge in [-0.25, -0.2) is 0 Å². The molecule has 0 bridgehead atoms. The fourth-order valence-corrected chi connectivity index (χ4v) is 2.31. The molecule has 0 atom stereocenters. The molecular formula is C18H20N2O5. The van der Waals surface area contributed by atoms with Crippen molar-refractivity contribution in [3.63, 3.8) is 0 Å². The molecule has 1 amide bonds. The molecule has 0 saturated carbocycles. The Morgan fingerprint density at radius 2 is 1.96 bits per heavy atom. The van der Waals surface area contributed by atoms with Crippen molar-refractivity contribution < 1.29 is 19.2 Å². The van der Waals surface area contributed by atoms with Crippen molar-refractivity contribution in [2.24, 2.45) is 0 Å². The monoisotopic (exact) mass is 344 g/mol. The van der Waals surface area contributed by atoms with Crippen LogP contribution in [0.4, 0.5) is 11.4 Å². The lowest BCUT2D eigenvalue weighted by Gasteiger charge is -2.14. The maximum atomic E-state index is 12.1. The first kappa shape index (κ1) is 18.3. The lowest BCUT2D eigenvalue weighted by molar-refractivity contribution is -0.384. The number of nitrogens with one attached hydrogen (secondary N) is 1. The third-order valence-corrected chi connectivity index (χ3v) is 3.58. The number of rotatable bonds is 7. The number of carbonyl (C=O) groups excluding carboxylic acids is 1. The number of nitro benzene ring substituents is 1. The summed E-state index contributed by atoms with van der Waals surface area (Å²) < 4.78 is 10.5. The second kappa shape index (κ2) is 8.14. The predicted octanol–water partition coefficient (Wildman–Crippen LogP) is 3.74. The average molecular weight is 344 g/mol. The van der Waals surface area contributed by atoms with Gasteiger partial charge in [-0.05, 0) is 29.7 Å². The van der Waals surface area contributed by atoms with Gasteiger partial charge in [0, 0.05) is 0 Å². The first-order chi connectivity index (χ1) is 11.9. The molecule has 0 aliphatic heterocycles. The van der Waals surface area contributed by atoms with E-state index in [0.29, 0.717) is 11.5 Å². The van der Waals surface area contributed by atoms with Crippen molar-refractivity contribution in [3.05, 3.63) is 58.1 Å². The Morgan fingerprint density at radius 1 is 1.24 bits per heavy atom. The second-order valence-corrected chi connectivity index (χ2v) is 5.67. The summed E-state index contributed by atoms with van der Waals surface area (Å²) in [6.45, 7) is 3.82. The van der Waals surface area contributed by atoms with E-state index in [0.717, 1.165) is 5.56 Å². The molecule has 0 fully saturated rings. The molecule has 7 nitrogen and oxygen atoms in total. The molecule has 2 aromatic carbocycles. The fourth-order valence-electron chi connectivity index (χ4n) is 2.31. The number of para-hydroxylation sites is 1. The quantitative estimate of drug-likeness (QED) is 0.610. The summed E-state index contributed by atoms with van der Waals surface area (Å²) in [5.74, 6) is 0.734. The van der Waals surface area contributed by atoms with Crippen molar-refractivity contribution in [1.82, 2.24) is 0 Å². The van der Waals surface area contributed by atoms with Crippen LogP contribution < -0.4 is 14.8 Å². The highest BCUT2D eigenvalue weighted by Gasteiger charge is 2.18. The smallest absolute Gasteiger partial charge is 0.296 e. The number of hydrogen-bond acceptors (Lipinski definition) is 5. The van der Waals surface area contributed by atoms with Gasteiger partial charge in [-0.2, -0.15) is 0 Å². The first-order valence-corrected chi connectivity index (χ1v) is 7.76. The van der Waals surface area contributed by atoms with Crippen molar-refractivity contribution in [2.75, 3.05) is 19.0 Å². The minimum absolute atomic E-state index is 0.0940. The normalized spacial score (nSPS) is 10.4. The third kappa shape index (κ3) is 4.69. The van der Waals surface area contributed by atoms with E-state index in [2.05, 4.69) is 5.32 Å². The molecule has 0 aliphatic carbocycles. The van der Waals surface area contributed by atoms with Crippen molar-refractivity contribution >= 4 is 17.3 Å². The number of nitrogens with zero attached hydrogens (tertiary/aromatic N) is 1.